The standard InChI is InChI=1S/C19H25N3O3/c1-14-7-8-18(25-14)15(2)20-19(23)22-11-9-21(10-12-22)16-5-4-6-17(13-16)24-3/h4-8,13,15H,9-12H2,1-3H3,(H,20,23). The molecule has 2 aromatic rings. The van der Waals surface area contributed by atoms with Gasteiger partial charge in [-0.25, -0.2) is 4.79 Å². The number of urea groups is 1. The van der Waals surface area contributed by atoms with Gasteiger partial charge in [-0.3, -0.25) is 0 Å². The molecular formula is C19H25N3O3. The highest BCUT2D eigenvalue weighted by Gasteiger charge is 2.23. The number of piperazine rings is 1. The summed E-state index contributed by atoms with van der Waals surface area (Å²) in [5.74, 6) is 2.48. The fraction of sp³-hybridized carbons (Fsp3) is 0.421. The van der Waals surface area contributed by atoms with Gasteiger partial charge in [0.05, 0.1) is 13.2 Å². The van der Waals surface area contributed by atoms with Gasteiger partial charge in [0.2, 0.25) is 0 Å². The number of nitrogens with one attached hydrogen (secondary N) is 1. The number of hydrogen-bond donors (Lipinski definition) is 1. The highest BCUT2D eigenvalue weighted by atomic mass is 16.5. The van der Waals surface area contributed by atoms with E-state index in [0.29, 0.717) is 13.1 Å². The van der Waals surface area contributed by atoms with Crippen LogP contribution in [0.2, 0.25) is 0 Å². The van der Waals surface area contributed by atoms with E-state index in [2.05, 4.69) is 16.3 Å². The first kappa shape index (κ1) is 17.2. The van der Waals surface area contributed by atoms with Gasteiger partial charge in [0.1, 0.15) is 17.3 Å². The summed E-state index contributed by atoms with van der Waals surface area (Å²) in [6.45, 7) is 6.81. The Morgan fingerprint density at radius 2 is 1.96 bits per heavy atom. The Balaban J connectivity index is 1.53. The van der Waals surface area contributed by atoms with E-state index < -0.39 is 0 Å². The van der Waals surface area contributed by atoms with Crippen LogP contribution in [-0.4, -0.2) is 44.2 Å². The van der Waals surface area contributed by atoms with Crippen molar-refractivity contribution < 1.29 is 13.9 Å². The molecule has 1 aliphatic rings. The van der Waals surface area contributed by atoms with Crippen molar-refractivity contribution in [2.24, 2.45) is 0 Å². The number of ether oxygens (including phenoxy) is 1. The zero-order valence-electron chi connectivity index (χ0n) is 15.0. The van der Waals surface area contributed by atoms with Crippen molar-refractivity contribution in [2.75, 3.05) is 38.2 Å². The molecule has 1 saturated heterocycles. The Morgan fingerprint density at radius 3 is 2.60 bits per heavy atom. The van der Waals surface area contributed by atoms with Crippen molar-refractivity contribution in [2.45, 2.75) is 19.9 Å². The lowest BCUT2D eigenvalue weighted by atomic mass is 10.2. The molecule has 1 unspecified atom stereocenters. The lowest BCUT2D eigenvalue weighted by molar-refractivity contribution is 0.189. The van der Waals surface area contributed by atoms with Gasteiger partial charge in [0.25, 0.3) is 0 Å². The number of carbonyl (C=O) groups is 1. The normalized spacial score (nSPS) is 15.8. The van der Waals surface area contributed by atoms with Gasteiger partial charge in [-0.2, -0.15) is 0 Å². The molecule has 1 aliphatic heterocycles. The summed E-state index contributed by atoms with van der Waals surface area (Å²) in [7, 11) is 1.67. The second-order valence-electron chi connectivity index (χ2n) is 6.30. The first-order valence-electron chi connectivity index (χ1n) is 8.57. The van der Waals surface area contributed by atoms with Crippen LogP contribution in [0.5, 0.6) is 5.75 Å². The van der Waals surface area contributed by atoms with E-state index in [9.17, 15) is 4.79 Å². The molecule has 0 saturated carbocycles. The number of aryl methyl sites for hydroxylation is 1. The van der Waals surface area contributed by atoms with E-state index in [1.165, 1.54) is 0 Å². The van der Waals surface area contributed by atoms with Crippen LogP contribution in [0.15, 0.2) is 40.8 Å². The summed E-state index contributed by atoms with van der Waals surface area (Å²) >= 11 is 0. The molecule has 25 heavy (non-hydrogen) atoms. The van der Waals surface area contributed by atoms with Crippen LogP contribution in [0.25, 0.3) is 0 Å². The van der Waals surface area contributed by atoms with Crippen LogP contribution in [0, 0.1) is 6.92 Å². The fourth-order valence-corrected chi connectivity index (χ4v) is 3.01. The van der Waals surface area contributed by atoms with Crippen molar-refractivity contribution in [1.29, 1.82) is 0 Å². The summed E-state index contributed by atoms with van der Waals surface area (Å²) in [6, 6.07) is 11.6. The van der Waals surface area contributed by atoms with E-state index in [1.807, 2.05) is 49.1 Å². The average Bonchev–Trinajstić information content (AvgIpc) is 3.08. The van der Waals surface area contributed by atoms with Gasteiger partial charge >= 0.3 is 6.03 Å². The van der Waals surface area contributed by atoms with E-state index >= 15 is 0 Å². The van der Waals surface area contributed by atoms with Crippen LogP contribution in [0.1, 0.15) is 24.5 Å². The monoisotopic (exact) mass is 343 g/mol. The van der Waals surface area contributed by atoms with Gasteiger partial charge in [-0.05, 0) is 38.1 Å². The number of nitrogens with zero attached hydrogens (tertiary/aromatic N) is 2. The molecule has 6 nitrogen and oxygen atoms in total. The molecule has 0 aliphatic carbocycles. The molecule has 134 valence electrons. The third-order valence-electron chi connectivity index (χ3n) is 4.51. The lowest BCUT2D eigenvalue weighted by Crippen LogP contribution is -2.52. The molecule has 0 radical (unpaired) electrons. The third-order valence-corrected chi connectivity index (χ3v) is 4.51. The summed E-state index contributed by atoms with van der Waals surface area (Å²) in [6.07, 6.45) is 0. The Hall–Kier alpha value is -2.63. The van der Waals surface area contributed by atoms with E-state index in [4.69, 9.17) is 9.15 Å². The number of hydrogen-bond acceptors (Lipinski definition) is 4. The number of methoxy groups -OCH3 is 1. The second-order valence-corrected chi connectivity index (χ2v) is 6.30. The summed E-state index contributed by atoms with van der Waals surface area (Å²) in [5, 5.41) is 3.01. The fourth-order valence-electron chi connectivity index (χ4n) is 3.01. The van der Waals surface area contributed by atoms with Crippen LogP contribution >= 0.6 is 0 Å². The van der Waals surface area contributed by atoms with Crippen molar-refractivity contribution >= 4 is 11.7 Å². The summed E-state index contributed by atoms with van der Waals surface area (Å²) in [5.41, 5.74) is 1.12. The average molecular weight is 343 g/mol. The molecule has 1 N–H and O–H groups in total. The SMILES string of the molecule is COc1cccc(N2CCN(C(=O)NC(C)c3ccc(C)o3)CC2)c1. The van der Waals surface area contributed by atoms with Crippen LogP contribution in [0.4, 0.5) is 10.5 Å². The Bertz CT molecular complexity index is 720. The van der Waals surface area contributed by atoms with Crippen LogP contribution in [-0.2, 0) is 0 Å². The summed E-state index contributed by atoms with van der Waals surface area (Å²) in [4.78, 5) is 16.6. The van der Waals surface area contributed by atoms with Crippen molar-refractivity contribution in [1.82, 2.24) is 10.2 Å². The highest BCUT2D eigenvalue weighted by Crippen LogP contribution is 2.22. The number of furan rings is 1. The summed E-state index contributed by atoms with van der Waals surface area (Å²) < 4.78 is 10.9. The maximum absolute atomic E-state index is 12.5. The predicted molar refractivity (Wildman–Crippen MR) is 97.2 cm³/mol. The number of benzene rings is 1. The molecule has 1 atom stereocenters. The number of carbonyl (C=O) groups excluding carboxylic acids is 1. The van der Waals surface area contributed by atoms with Crippen molar-refractivity contribution in [3.63, 3.8) is 0 Å². The van der Waals surface area contributed by atoms with Gasteiger partial charge in [-0.15, -0.1) is 0 Å². The van der Waals surface area contributed by atoms with Gasteiger partial charge in [0.15, 0.2) is 0 Å². The molecule has 1 fully saturated rings. The first-order chi connectivity index (χ1) is 12.1. The maximum atomic E-state index is 12.5. The highest BCUT2D eigenvalue weighted by molar-refractivity contribution is 5.75. The van der Waals surface area contributed by atoms with Crippen LogP contribution < -0.4 is 15.0 Å². The van der Waals surface area contributed by atoms with Gasteiger partial charge in [-0.1, -0.05) is 6.07 Å². The zero-order valence-corrected chi connectivity index (χ0v) is 15.0. The zero-order chi connectivity index (χ0) is 17.8. The number of rotatable bonds is 4. The van der Waals surface area contributed by atoms with Crippen molar-refractivity contribution in [3.8, 4) is 5.75 Å². The molecular weight excluding hydrogens is 318 g/mol. The molecule has 6 heteroatoms. The Kier molecular flexibility index (Phi) is 5.16. The quantitative estimate of drug-likeness (QED) is 0.926. The minimum absolute atomic E-state index is 0.0492. The van der Waals surface area contributed by atoms with E-state index in [0.717, 1.165) is 36.0 Å². The number of amides is 2. The van der Waals surface area contributed by atoms with Crippen molar-refractivity contribution in [3.05, 3.63) is 47.9 Å². The molecule has 3 rings (SSSR count). The molecule has 0 bridgehead atoms. The minimum Gasteiger partial charge on any atom is -0.497 e. The van der Waals surface area contributed by atoms with E-state index in [-0.39, 0.29) is 12.1 Å². The molecule has 2 amide bonds. The maximum Gasteiger partial charge on any atom is 0.318 e. The van der Waals surface area contributed by atoms with Gasteiger partial charge < -0.3 is 24.3 Å². The second kappa shape index (κ2) is 7.51. The number of anilines is 1. The first-order valence-corrected chi connectivity index (χ1v) is 8.57. The largest absolute Gasteiger partial charge is 0.497 e. The molecule has 0 spiro atoms. The van der Waals surface area contributed by atoms with Crippen LogP contribution in [0.3, 0.4) is 0 Å². The predicted octanol–water partition coefficient (Wildman–Crippen LogP) is 3.19. The smallest absolute Gasteiger partial charge is 0.318 e. The molecule has 1 aromatic heterocycles. The molecule has 2 heterocycles. The third kappa shape index (κ3) is 4.07. The van der Waals surface area contributed by atoms with E-state index in [1.54, 1.807) is 7.11 Å². The Labute approximate surface area is 148 Å². The lowest BCUT2D eigenvalue weighted by Gasteiger charge is -2.36. The minimum atomic E-state index is -0.141. The molecule has 1 aromatic carbocycles. The van der Waals surface area contributed by atoms with Gasteiger partial charge in [0, 0.05) is 37.9 Å². The topological polar surface area (TPSA) is 58.0 Å². The Morgan fingerprint density at radius 1 is 1.20 bits per heavy atom.